The number of carbonyl (C=O) groups excluding carboxylic acids is 1. The van der Waals surface area contributed by atoms with E-state index >= 15 is 0 Å². The molecule has 164 valence electrons. The molecule has 2 fully saturated rings. The van der Waals surface area contributed by atoms with Gasteiger partial charge in [0.05, 0.1) is 17.2 Å². The van der Waals surface area contributed by atoms with E-state index in [4.69, 9.17) is 20.3 Å². The molecule has 2 aliphatic rings. The fourth-order valence-corrected chi connectivity index (χ4v) is 6.96. The van der Waals surface area contributed by atoms with Gasteiger partial charge in [-0.05, 0) is 40.9 Å². The van der Waals surface area contributed by atoms with E-state index in [0.29, 0.717) is 30.6 Å². The van der Waals surface area contributed by atoms with Crippen LogP contribution in [0.1, 0.15) is 34.5 Å². The number of hydrogen-bond acceptors (Lipinski definition) is 4. The summed E-state index contributed by atoms with van der Waals surface area (Å²) in [5.74, 6) is -4.93. The summed E-state index contributed by atoms with van der Waals surface area (Å²) in [6.07, 6.45) is 1.47. The van der Waals surface area contributed by atoms with E-state index < -0.39 is 41.3 Å². The second-order valence-corrected chi connectivity index (χ2v) is 11.0. The fourth-order valence-electron chi connectivity index (χ4n) is 3.98. The lowest BCUT2D eigenvalue weighted by Gasteiger charge is -2.25. The first-order chi connectivity index (χ1) is 13.7. The van der Waals surface area contributed by atoms with Crippen molar-refractivity contribution in [2.24, 2.45) is 17.1 Å². The minimum Gasteiger partial charge on any atom is -0.492 e. The van der Waals surface area contributed by atoms with Gasteiger partial charge in [0.1, 0.15) is 10.6 Å². The Labute approximate surface area is 179 Å². The molecule has 1 aromatic heterocycles. The van der Waals surface area contributed by atoms with Gasteiger partial charge in [0.15, 0.2) is 0 Å². The van der Waals surface area contributed by atoms with Gasteiger partial charge in [-0.15, -0.1) is 11.3 Å². The maximum Gasteiger partial charge on any atom is 0.400 e. The maximum atomic E-state index is 14.3. The summed E-state index contributed by atoms with van der Waals surface area (Å²) in [4.78, 5) is 28.8. The van der Waals surface area contributed by atoms with Crippen LogP contribution in [0, 0.1) is 11.3 Å². The van der Waals surface area contributed by atoms with Gasteiger partial charge in [-0.2, -0.15) is 8.78 Å². The number of benzene rings is 1. The van der Waals surface area contributed by atoms with Crippen LogP contribution in [-0.4, -0.2) is 28.2 Å². The van der Waals surface area contributed by atoms with Crippen molar-refractivity contribution >= 4 is 50.9 Å². The molecule has 2 aliphatic carbocycles. The average Bonchev–Trinajstić information content (AvgIpc) is 2.90. The number of primary amides is 1. The van der Waals surface area contributed by atoms with E-state index in [-0.39, 0.29) is 32.5 Å². The first-order valence-corrected chi connectivity index (χ1v) is 12.0. The van der Waals surface area contributed by atoms with Gasteiger partial charge >= 0.3 is 13.3 Å². The van der Waals surface area contributed by atoms with Gasteiger partial charge in [0.2, 0.25) is 5.91 Å². The van der Waals surface area contributed by atoms with E-state index in [2.05, 4.69) is 15.9 Å². The highest BCUT2D eigenvalue weighted by Gasteiger charge is 2.82. The van der Waals surface area contributed by atoms with Crippen molar-refractivity contribution < 1.29 is 41.4 Å². The molecule has 1 unspecified atom stereocenters. The van der Waals surface area contributed by atoms with E-state index in [1.165, 1.54) is 6.07 Å². The summed E-state index contributed by atoms with van der Waals surface area (Å²) in [7, 11) is -5.86. The van der Waals surface area contributed by atoms with Gasteiger partial charge in [-0.25, -0.2) is 8.78 Å². The largest absolute Gasteiger partial charge is 0.492 e. The number of amides is 1. The van der Waals surface area contributed by atoms with Crippen molar-refractivity contribution in [3.8, 4) is 5.75 Å². The molecule has 30 heavy (non-hydrogen) atoms. The number of nitrogens with two attached hydrogens (primary N) is 1. The second kappa shape index (κ2) is 6.65. The van der Waals surface area contributed by atoms with Crippen LogP contribution in [0.3, 0.4) is 0 Å². The third-order valence-corrected chi connectivity index (χ3v) is 9.44. The molecule has 0 aliphatic heterocycles. The molecule has 1 atom stereocenters. The summed E-state index contributed by atoms with van der Waals surface area (Å²) in [6.45, 7) is -0.385. The molecule has 1 aromatic carbocycles. The number of fused-ring (bicyclic) bond motifs is 1. The van der Waals surface area contributed by atoms with Crippen LogP contribution in [0.25, 0.3) is 10.1 Å². The Kier molecular flexibility index (Phi) is 4.88. The highest BCUT2D eigenvalue weighted by molar-refractivity contribution is 9.10. The topological polar surface area (TPSA) is 110 Å². The molecule has 4 rings (SSSR count). The molecule has 2 aromatic rings. The first-order valence-electron chi connectivity index (χ1n) is 8.74. The van der Waals surface area contributed by atoms with Crippen molar-refractivity contribution in [1.29, 1.82) is 0 Å². The van der Waals surface area contributed by atoms with Gasteiger partial charge in [0.25, 0.3) is 5.92 Å². The minimum absolute atomic E-state index is 0.00957. The Morgan fingerprint density at radius 2 is 2.00 bits per heavy atom. The average molecular weight is 532 g/mol. The minimum atomic E-state index is -5.86. The Morgan fingerprint density at radius 3 is 2.47 bits per heavy atom. The van der Waals surface area contributed by atoms with E-state index in [1.807, 2.05) is 0 Å². The van der Waals surface area contributed by atoms with Crippen LogP contribution >= 0.6 is 34.9 Å². The zero-order chi connectivity index (χ0) is 22.3. The van der Waals surface area contributed by atoms with Crippen molar-refractivity contribution in [2.75, 3.05) is 6.61 Å². The lowest BCUT2D eigenvalue weighted by Crippen LogP contribution is -2.20. The summed E-state index contributed by atoms with van der Waals surface area (Å²) in [5.41, 5.74) is -0.433. The Balaban J connectivity index is 1.76. The molecule has 0 bridgehead atoms. The number of halogens is 5. The van der Waals surface area contributed by atoms with Gasteiger partial charge in [-0.1, -0.05) is 6.42 Å². The summed E-state index contributed by atoms with van der Waals surface area (Å²) < 4.78 is 73.4. The number of rotatable bonds is 6. The highest BCUT2D eigenvalue weighted by Crippen LogP contribution is 2.75. The number of carbonyl (C=O) groups is 1. The van der Waals surface area contributed by atoms with Crippen molar-refractivity contribution in [2.45, 2.75) is 30.8 Å². The van der Waals surface area contributed by atoms with Crippen LogP contribution in [0.2, 0.25) is 0 Å². The van der Waals surface area contributed by atoms with Crippen LogP contribution < -0.4 is 10.5 Å². The van der Waals surface area contributed by atoms with Gasteiger partial charge in [0, 0.05) is 20.8 Å². The Hall–Kier alpha value is -1.20. The third-order valence-electron chi connectivity index (χ3n) is 5.95. The van der Waals surface area contributed by atoms with Crippen LogP contribution in [-0.2, 0) is 10.2 Å². The predicted molar refractivity (Wildman–Crippen MR) is 104 cm³/mol. The zero-order valence-electron chi connectivity index (χ0n) is 15.0. The quantitative estimate of drug-likeness (QED) is 0.366. The SMILES string of the molecule is NC(=O)c1cc(OCC2C(F)(F)C23CCC3)c2sc(C(F)(F)P(=O)(O)O)c(Br)c2c1. The molecular formula is C17H15BrF4NO5PS. The van der Waals surface area contributed by atoms with Crippen LogP contribution in [0.5, 0.6) is 5.75 Å². The number of thiophene rings is 1. The monoisotopic (exact) mass is 531 g/mol. The van der Waals surface area contributed by atoms with Crippen LogP contribution in [0.4, 0.5) is 17.6 Å². The second-order valence-electron chi connectivity index (χ2n) is 7.54. The van der Waals surface area contributed by atoms with Crippen LogP contribution in [0.15, 0.2) is 16.6 Å². The van der Waals surface area contributed by atoms with E-state index in [1.54, 1.807) is 0 Å². The molecular weight excluding hydrogens is 517 g/mol. The summed E-state index contributed by atoms with van der Waals surface area (Å²) in [5, 5.41) is 0.00957. The standard InChI is InChI=1S/C17H15BrF4NO5PS/c18-11-8-4-7(14(23)24)5-9(12(8)30-13(11)17(21,22)29(25,26)27)28-6-10-15(2-1-3-15)16(10,19)20/h4-5,10H,1-3,6H2,(H2,23,24)(H2,25,26,27). The predicted octanol–water partition coefficient (Wildman–Crippen LogP) is 4.80. The normalized spacial score (nSPS) is 22.2. The van der Waals surface area contributed by atoms with Crippen molar-refractivity contribution in [3.63, 3.8) is 0 Å². The summed E-state index contributed by atoms with van der Waals surface area (Å²) in [6, 6.07) is 2.32. The lowest BCUT2D eigenvalue weighted by atomic mass is 9.79. The van der Waals surface area contributed by atoms with Gasteiger partial charge < -0.3 is 20.3 Å². The number of hydrogen-bond donors (Lipinski definition) is 3. The molecule has 1 amide bonds. The van der Waals surface area contributed by atoms with Crippen molar-refractivity contribution in [3.05, 3.63) is 27.0 Å². The molecule has 4 N–H and O–H groups in total. The number of alkyl halides is 4. The molecule has 1 spiro atoms. The summed E-state index contributed by atoms with van der Waals surface area (Å²) >= 11 is 3.25. The number of ether oxygens (including phenoxy) is 1. The third kappa shape index (κ3) is 2.95. The Bertz CT molecular complexity index is 1110. The molecule has 0 saturated heterocycles. The highest BCUT2D eigenvalue weighted by atomic mass is 79.9. The van der Waals surface area contributed by atoms with E-state index in [0.717, 1.165) is 6.07 Å². The smallest absolute Gasteiger partial charge is 0.400 e. The Morgan fingerprint density at radius 1 is 1.37 bits per heavy atom. The molecule has 0 radical (unpaired) electrons. The van der Waals surface area contributed by atoms with Gasteiger partial charge in [-0.3, -0.25) is 9.36 Å². The molecule has 2 saturated carbocycles. The first kappa shape index (κ1) is 22.0. The molecule has 6 nitrogen and oxygen atoms in total. The van der Waals surface area contributed by atoms with Crippen molar-refractivity contribution in [1.82, 2.24) is 0 Å². The lowest BCUT2D eigenvalue weighted by molar-refractivity contribution is 0.0267. The van der Waals surface area contributed by atoms with E-state index in [9.17, 15) is 26.9 Å². The maximum absolute atomic E-state index is 14.3. The zero-order valence-corrected chi connectivity index (χ0v) is 18.3. The molecule has 13 heteroatoms. The molecule has 1 heterocycles. The fraction of sp³-hybridized carbons (Fsp3) is 0.471.